The van der Waals surface area contributed by atoms with Crippen LogP contribution in [0.3, 0.4) is 0 Å². The zero-order valence-electron chi connectivity index (χ0n) is 20.8. The summed E-state index contributed by atoms with van der Waals surface area (Å²) < 4.78 is 12.0. The number of aromatic carboxylic acids is 1. The van der Waals surface area contributed by atoms with Crippen molar-refractivity contribution in [3.8, 4) is 11.5 Å². The van der Waals surface area contributed by atoms with Gasteiger partial charge in [-0.2, -0.15) is 0 Å². The molecule has 4 aromatic carbocycles. The van der Waals surface area contributed by atoms with Crippen LogP contribution in [0, 0.1) is 0 Å². The van der Waals surface area contributed by atoms with E-state index in [9.17, 15) is 14.7 Å². The topological polar surface area (TPSA) is 97.2 Å². The summed E-state index contributed by atoms with van der Waals surface area (Å²) in [7, 11) is 0. The number of thioether (sulfide) groups is 1. The standard InChI is InChI=1S/C30H23ClN2O5S/c1-2-37-26-14-18(10-13-25(26)38-17-20-8-5-7-19-6-3-4-9-22(19)20)15-27-28(34)33-30(39-27)32-21-11-12-24(31)23(16-21)29(35)36/h3-16H,2,17H2,1H3,(H,35,36)(H,32,33,34)/b27-15+. The van der Waals surface area contributed by atoms with Gasteiger partial charge in [-0.1, -0.05) is 60.1 Å². The summed E-state index contributed by atoms with van der Waals surface area (Å²) in [6.45, 7) is 2.74. The first-order valence-electron chi connectivity index (χ1n) is 12.1. The monoisotopic (exact) mass is 558 g/mol. The van der Waals surface area contributed by atoms with Gasteiger partial charge in [-0.05, 0) is 77.0 Å². The number of hydrogen-bond acceptors (Lipinski definition) is 6. The van der Waals surface area contributed by atoms with Crippen LogP contribution >= 0.6 is 23.4 Å². The first-order valence-corrected chi connectivity index (χ1v) is 13.3. The van der Waals surface area contributed by atoms with Gasteiger partial charge >= 0.3 is 5.97 Å². The quantitative estimate of drug-likeness (QED) is 0.225. The summed E-state index contributed by atoms with van der Waals surface area (Å²) in [6.07, 6.45) is 1.74. The average molecular weight is 559 g/mol. The molecule has 5 rings (SSSR count). The van der Waals surface area contributed by atoms with E-state index in [4.69, 9.17) is 21.1 Å². The highest BCUT2D eigenvalue weighted by molar-refractivity contribution is 8.18. The molecule has 196 valence electrons. The van der Waals surface area contributed by atoms with Gasteiger partial charge < -0.3 is 19.9 Å². The lowest BCUT2D eigenvalue weighted by atomic mass is 10.1. The summed E-state index contributed by atoms with van der Waals surface area (Å²) in [5, 5.41) is 14.7. The minimum Gasteiger partial charge on any atom is -0.490 e. The van der Waals surface area contributed by atoms with Gasteiger partial charge in [-0.25, -0.2) is 9.79 Å². The number of aliphatic imine (C=N–C) groups is 1. The molecule has 9 heteroatoms. The smallest absolute Gasteiger partial charge is 0.337 e. The molecular weight excluding hydrogens is 536 g/mol. The summed E-state index contributed by atoms with van der Waals surface area (Å²) >= 11 is 7.09. The second kappa shape index (κ2) is 11.6. The summed E-state index contributed by atoms with van der Waals surface area (Å²) in [6, 6.07) is 24.2. The third-order valence-electron chi connectivity index (χ3n) is 5.89. The van der Waals surface area contributed by atoms with Crippen LogP contribution in [0.15, 0.2) is 88.8 Å². The first kappa shape index (κ1) is 26.3. The fraction of sp³-hybridized carbons (Fsp3) is 0.100. The normalized spacial score (nSPS) is 15.1. The molecule has 0 saturated carbocycles. The van der Waals surface area contributed by atoms with Crippen LogP contribution in [0.1, 0.15) is 28.4 Å². The lowest BCUT2D eigenvalue weighted by Gasteiger charge is -2.14. The Balaban J connectivity index is 1.34. The van der Waals surface area contributed by atoms with E-state index in [-0.39, 0.29) is 16.5 Å². The number of rotatable bonds is 8. The van der Waals surface area contributed by atoms with Crippen LogP contribution in [-0.2, 0) is 11.4 Å². The van der Waals surface area contributed by atoms with Gasteiger partial charge in [-0.3, -0.25) is 4.79 Å². The number of nitrogens with zero attached hydrogens (tertiary/aromatic N) is 1. The van der Waals surface area contributed by atoms with Crippen LogP contribution in [0.2, 0.25) is 5.02 Å². The summed E-state index contributed by atoms with van der Waals surface area (Å²) in [5.41, 5.74) is 2.14. The van der Waals surface area contributed by atoms with Crippen LogP contribution in [-0.4, -0.2) is 28.8 Å². The Hall–Kier alpha value is -4.27. The van der Waals surface area contributed by atoms with Gasteiger partial charge in [-0.15, -0.1) is 0 Å². The van der Waals surface area contributed by atoms with Crippen molar-refractivity contribution in [3.05, 3.63) is 105 Å². The fourth-order valence-corrected chi connectivity index (χ4v) is 5.11. The van der Waals surface area contributed by atoms with E-state index >= 15 is 0 Å². The van der Waals surface area contributed by atoms with Gasteiger partial charge in [0.05, 0.1) is 27.8 Å². The highest BCUT2D eigenvalue weighted by Gasteiger charge is 2.24. The number of carboxylic acid groups (broad SMARTS) is 1. The van der Waals surface area contributed by atoms with Crippen LogP contribution in [0.4, 0.5) is 5.69 Å². The third kappa shape index (κ3) is 6.08. The number of benzene rings is 4. The number of carboxylic acids is 1. The SMILES string of the molecule is CCOc1cc(/C=C2/SC(=Nc3ccc(Cl)c(C(=O)O)c3)NC2=O)ccc1OCc1cccc2ccccc12. The highest BCUT2D eigenvalue weighted by atomic mass is 35.5. The Bertz CT molecular complexity index is 1640. The predicted molar refractivity (Wildman–Crippen MR) is 155 cm³/mol. The van der Waals surface area contributed by atoms with E-state index in [1.165, 1.54) is 12.1 Å². The number of fused-ring (bicyclic) bond motifs is 1. The van der Waals surface area contributed by atoms with Crippen LogP contribution < -0.4 is 14.8 Å². The number of nitrogens with one attached hydrogen (secondary N) is 1. The Morgan fingerprint density at radius 1 is 1.03 bits per heavy atom. The number of amides is 1. The lowest BCUT2D eigenvalue weighted by Crippen LogP contribution is -2.19. The zero-order valence-corrected chi connectivity index (χ0v) is 22.4. The lowest BCUT2D eigenvalue weighted by molar-refractivity contribution is -0.115. The van der Waals surface area contributed by atoms with Gasteiger partial charge in [0.15, 0.2) is 16.7 Å². The predicted octanol–water partition coefficient (Wildman–Crippen LogP) is 7.06. The van der Waals surface area contributed by atoms with Gasteiger partial charge in [0.2, 0.25) is 0 Å². The second-order valence-electron chi connectivity index (χ2n) is 8.52. The Labute approximate surface area is 234 Å². The number of amidine groups is 1. The van der Waals surface area contributed by atoms with E-state index in [1.54, 1.807) is 12.1 Å². The maximum absolute atomic E-state index is 12.6. The number of halogens is 1. The second-order valence-corrected chi connectivity index (χ2v) is 9.96. The third-order valence-corrected chi connectivity index (χ3v) is 7.13. The fourth-order valence-electron chi connectivity index (χ4n) is 4.07. The van der Waals surface area contributed by atoms with Crippen molar-refractivity contribution >= 4 is 62.9 Å². The zero-order chi connectivity index (χ0) is 27.4. The van der Waals surface area contributed by atoms with E-state index < -0.39 is 5.97 Å². The van der Waals surface area contributed by atoms with E-state index in [1.807, 2.05) is 49.4 Å². The number of hydrogen-bond donors (Lipinski definition) is 2. The summed E-state index contributed by atoms with van der Waals surface area (Å²) in [5.74, 6) is -0.276. The molecular formula is C30H23ClN2O5S. The van der Waals surface area contributed by atoms with Crippen molar-refractivity contribution in [1.29, 1.82) is 0 Å². The average Bonchev–Trinajstić information content (AvgIpc) is 3.27. The molecule has 4 aromatic rings. The maximum Gasteiger partial charge on any atom is 0.337 e. The molecule has 1 amide bonds. The minimum absolute atomic E-state index is 0.0604. The number of carbonyl (C=O) groups excluding carboxylic acids is 1. The number of ether oxygens (including phenoxy) is 2. The molecule has 39 heavy (non-hydrogen) atoms. The van der Waals surface area contributed by atoms with Crippen LogP contribution in [0.5, 0.6) is 11.5 Å². The first-order chi connectivity index (χ1) is 18.9. The van der Waals surface area contributed by atoms with Crippen LogP contribution in [0.25, 0.3) is 16.8 Å². The molecule has 1 heterocycles. The molecule has 0 spiro atoms. The Morgan fingerprint density at radius 2 is 1.85 bits per heavy atom. The molecule has 0 aromatic heterocycles. The van der Waals surface area contributed by atoms with E-state index in [0.717, 1.165) is 33.7 Å². The van der Waals surface area contributed by atoms with Crippen molar-refractivity contribution < 1.29 is 24.2 Å². The molecule has 0 radical (unpaired) electrons. The van der Waals surface area contributed by atoms with Crippen molar-refractivity contribution in [1.82, 2.24) is 5.32 Å². The maximum atomic E-state index is 12.6. The molecule has 2 N–H and O–H groups in total. The molecule has 0 bridgehead atoms. The van der Waals surface area contributed by atoms with Crippen molar-refractivity contribution in [3.63, 3.8) is 0 Å². The van der Waals surface area contributed by atoms with Crippen molar-refractivity contribution in [2.75, 3.05) is 6.61 Å². The highest BCUT2D eigenvalue weighted by Crippen LogP contribution is 2.34. The van der Waals surface area contributed by atoms with E-state index in [2.05, 4.69) is 28.5 Å². The van der Waals surface area contributed by atoms with Crippen molar-refractivity contribution in [2.45, 2.75) is 13.5 Å². The molecule has 7 nitrogen and oxygen atoms in total. The largest absolute Gasteiger partial charge is 0.490 e. The molecule has 0 atom stereocenters. The molecule has 0 unspecified atom stereocenters. The molecule has 0 aliphatic carbocycles. The minimum atomic E-state index is -1.15. The molecule has 1 fully saturated rings. The number of carbonyl (C=O) groups is 2. The summed E-state index contributed by atoms with van der Waals surface area (Å²) in [4.78, 5) is 28.7. The van der Waals surface area contributed by atoms with Gasteiger partial charge in [0.1, 0.15) is 6.61 Å². The van der Waals surface area contributed by atoms with Crippen molar-refractivity contribution in [2.24, 2.45) is 4.99 Å². The Kier molecular flexibility index (Phi) is 7.86. The Morgan fingerprint density at radius 3 is 2.67 bits per heavy atom. The molecule has 1 saturated heterocycles. The van der Waals surface area contributed by atoms with E-state index in [0.29, 0.717) is 40.5 Å². The van der Waals surface area contributed by atoms with Gasteiger partial charge in [0.25, 0.3) is 5.91 Å². The molecule has 1 aliphatic rings. The van der Waals surface area contributed by atoms with Gasteiger partial charge in [0, 0.05) is 0 Å². The molecule has 1 aliphatic heterocycles.